The fourth-order valence-electron chi connectivity index (χ4n) is 1.50. The molecule has 0 aliphatic heterocycles. The quantitative estimate of drug-likeness (QED) is 0.860. The minimum absolute atomic E-state index is 0.228. The van der Waals surface area contributed by atoms with Crippen molar-refractivity contribution in [2.24, 2.45) is 0 Å². The first-order chi connectivity index (χ1) is 9.47. The molecule has 104 valence electrons. The van der Waals surface area contributed by atoms with Crippen LogP contribution in [0.4, 0.5) is 4.39 Å². The molecule has 0 aliphatic carbocycles. The van der Waals surface area contributed by atoms with E-state index in [-0.39, 0.29) is 11.6 Å². The third kappa shape index (κ3) is 3.33. The van der Waals surface area contributed by atoms with Gasteiger partial charge in [-0.2, -0.15) is 0 Å². The van der Waals surface area contributed by atoms with E-state index >= 15 is 0 Å². The van der Waals surface area contributed by atoms with E-state index in [2.05, 4.69) is 20.9 Å². The zero-order valence-electron chi connectivity index (χ0n) is 10.9. The van der Waals surface area contributed by atoms with Crippen LogP contribution in [0.2, 0.25) is 0 Å². The summed E-state index contributed by atoms with van der Waals surface area (Å²) >= 11 is 3.28. The summed E-state index contributed by atoms with van der Waals surface area (Å²) in [6.07, 6.45) is 1.47. The van der Waals surface area contributed by atoms with Gasteiger partial charge in [-0.25, -0.2) is 4.39 Å². The van der Waals surface area contributed by atoms with Gasteiger partial charge in [0.1, 0.15) is 23.0 Å². The molecular weight excluding hydrogens is 327 g/mol. The SMILES string of the molecule is CN(C)C(=O)c1cc(Oc2cc(F)ccc2Br)ccn1. The number of amides is 1. The van der Waals surface area contributed by atoms with Gasteiger partial charge in [0.15, 0.2) is 0 Å². The molecule has 0 fully saturated rings. The average molecular weight is 339 g/mol. The Labute approximate surface area is 124 Å². The summed E-state index contributed by atoms with van der Waals surface area (Å²) < 4.78 is 19.4. The van der Waals surface area contributed by atoms with Gasteiger partial charge < -0.3 is 9.64 Å². The molecule has 1 aromatic heterocycles. The van der Waals surface area contributed by atoms with E-state index in [4.69, 9.17) is 4.74 Å². The lowest BCUT2D eigenvalue weighted by Crippen LogP contribution is -2.22. The summed E-state index contributed by atoms with van der Waals surface area (Å²) in [4.78, 5) is 17.2. The second kappa shape index (κ2) is 6.00. The molecule has 1 aromatic carbocycles. The summed E-state index contributed by atoms with van der Waals surface area (Å²) in [7, 11) is 3.28. The first-order valence-electron chi connectivity index (χ1n) is 5.78. The highest BCUT2D eigenvalue weighted by Gasteiger charge is 2.11. The molecule has 0 radical (unpaired) electrons. The molecule has 0 N–H and O–H groups in total. The van der Waals surface area contributed by atoms with Crippen molar-refractivity contribution >= 4 is 21.8 Å². The van der Waals surface area contributed by atoms with Crippen molar-refractivity contribution in [3.8, 4) is 11.5 Å². The largest absolute Gasteiger partial charge is 0.456 e. The lowest BCUT2D eigenvalue weighted by Gasteiger charge is -2.11. The molecule has 0 aliphatic rings. The van der Waals surface area contributed by atoms with Crippen LogP contribution in [0.3, 0.4) is 0 Å². The molecule has 0 atom stereocenters. The Kier molecular flexibility index (Phi) is 4.34. The number of rotatable bonds is 3. The Bertz CT molecular complexity index is 647. The van der Waals surface area contributed by atoms with Crippen LogP contribution < -0.4 is 4.74 Å². The van der Waals surface area contributed by atoms with Crippen molar-refractivity contribution in [2.75, 3.05) is 14.1 Å². The van der Waals surface area contributed by atoms with Gasteiger partial charge in [-0.3, -0.25) is 9.78 Å². The van der Waals surface area contributed by atoms with Gasteiger partial charge in [-0.1, -0.05) is 0 Å². The van der Waals surface area contributed by atoms with Gasteiger partial charge in [0.25, 0.3) is 5.91 Å². The average Bonchev–Trinajstić information content (AvgIpc) is 2.42. The maximum Gasteiger partial charge on any atom is 0.272 e. The normalized spacial score (nSPS) is 10.2. The molecule has 0 saturated heterocycles. The summed E-state index contributed by atoms with van der Waals surface area (Å²) in [6, 6.07) is 7.25. The molecule has 0 bridgehead atoms. The van der Waals surface area contributed by atoms with Crippen LogP contribution in [0.25, 0.3) is 0 Å². The van der Waals surface area contributed by atoms with Gasteiger partial charge in [0.05, 0.1) is 4.47 Å². The molecule has 0 unspecified atom stereocenters. The Morgan fingerprint density at radius 1 is 1.30 bits per heavy atom. The van der Waals surface area contributed by atoms with Crippen LogP contribution in [-0.4, -0.2) is 29.9 Å². The van der Waals surface area contributed by atoms with Crippen molar-refractivity contribution < 1.29 is 13.9 Å². The van der Waals surface area contributed by atoms with E-state index in [1.54, 1.807) is 26.2 Å². The highest BCUT2D eigenvalue weighted by molar-refractivity contribution is 9.10. The second-order valence-corrected chi connectivity index (χ2v) is 5.11. The van der Waals surface area contributed by atoms with Gasteiger partial charge in [0.2, 0.25) is 0 Å². The van der Waals surface area contributed by atoms with Crippen molar-refractivity contribution in [1.29, 1.82) is 0 Å². The zero-order chi connectivity index (χ0) is 14.7. The highest BCUT2D eigenvalue weighted by Crippen LogP contribution is 2.30. The number of hydrogen-bond acceptors (Lipinski definition) is 3. The monoisotopic (exact) mass is 338 g/mol. The summed E-state index contributed by atoms with van der Waals surface area (Å²) in [5.74, 6) is 0.117. The van der Waals surface area contributed by atoms with Gasteiger partial charge in [-0.15, -0.1) is 0 Å². The lowest BCUT2D eigenvalue weighted by molar-refractivity contribution is 0.0821. The molecule has 0 saturated carbocycles. The smallest absolute Gasteiger partial charge is 0.272 e. The molecule has 0 spiro atoms. The molecular formula is C14H12BrFN2O2. The van der Waals surface area contributed by atoms with Crippen LogP contribution in [0.5, 0.6) is 11.5 Å². The van der Waals surface area contributed by atoms with Crippen molar-refractivity contribution in [1.82, 2.24) is 9.88 Å². The van der Waals surface area contributed by atoms with E-state index in [9.17, 15) is 9.18 Å². The number of carbonyl (C=O) groups is 1. The number of benzene rings is 1. The molecule has 20 heavy (non-hydrogen) atoms. The summed E-state index contributed by atoms with van der Waals surface area (Å²) in [5, 5.41) is 0. The van der Waals surface area contributed by atoms with Crippen LogP contribution >= 0.6 is 15.9 Å². The minimum Gasteiger partial charge on any atom is -0.456 e. The molecule has 1 heterocycles. The predicted molar refractivity (Wildman–Crippen MR) is 76.4 cm³/mol. The molecule has 1 amide bonds. The number of hydrogen-bond donors (Lipinski definition) is 0. The number of ether oxygens (including phenoxy) is 1. The Morgan fingerprint density at radius 2 is 2.05 bits per heavy atom. The molecule has 4 nitrogen and oxygen atoms in total. The maximum atomic E-state index is 13.2. The van der Waals surface area contributed by atoms with Crippen LogP contribution in [0.1, 0.15) is 10.5 Å². The zero-order valence-corrected chi connectivity index (χ0v) is 12.5. The first kappa shape index (κ1) is 14.5. The Hall–Kier alpha value is -1.95. The standard InChI is InChI=1S/C14H12BrFN2O2/c1-18(2)14(19)12-8-10(5-6-17-12)20-13-7-9(16)3-4-11(13)15/h3-8H,1-2H3. The van der Waals surface area contributed by atoms with Gasteiger partial charge >= 0.3 is 0 Å². The minimum atomic E-state index is -0.401. The number of halogens is 2. The van der Waals surface area contributed by atoms with Crippen LogP contribution in [0.15, 0.2) is 41.0 Å². The number of carbonyl (C=O) groups excluding carboxylic acids is 1. The lowest BCUT2D eigenvalue weighted by atomic mass is 10.3. The van der Waals surface area contributed by atoms with Crippen molar-refractivity contribution in [2.45, 2.75) is 0 Å². The third-order valence-electron chi connectivity index (χ3n) is 2.48. The molecule has 2 rings (SSSR count). The van der Waals surface area contributed by atoms with Crippen molar-refractivity contribution in [3.05, 3.63) is 52.5 Å². The Balaban J connectivity index is 2.28. The van der Waals surface area contributed by atoms with Crippen LogP contribution in [-0.2, 0) is 0 Å². The summed E-state index contributed by atoms with van der Waals surface area (Å²) in [5.41, 5.74) is 0.264. The van der Waals surface area contributed by atoms with E-state index in [0.717, 1.165) is 0 Å². The van der Waals surface area contributed by atoms with Gasteiger partial charge in [0, 0.05) is 32.4 Å². The van der Waals surface area contributed by atoms with Crippen LogP contribution in [0, 0.1) is 5.82 Å². The van der Waals surface area contributed by atoms with Crippen molar-refractivity contribution in [3.63, 3.8) is 0 Å². The maximum absolute atomic E-state index is 13.2. The van der Waals surface area contributed by atoms with E-state index in [1.165, 1.54) is 29.3 Å². The number of nitrogens with zero attached hydrogens (tertiary/aromatic N) is 2. The van der Waals surface area contributed by atoms with E-state index < -0.39 is 5.82 Å². The molecule has 2 aromatic rings. The first-order valence-corrected chi connectivity index (χ1v) is 6.57. The second-order valence-electron chi connectivity index (χ2n) is 4.25. The fourth-order valence-corrected chi connectivity index (χ4v) is 1.83. The van der Waals surface area contributed by atoms with E-state index in [0.29, 0.717) is 16.0 Å². The third-order valence-corrected chi connectivity index (χ3v) is 3.13. The van der Waals surface area contributed by atoms with E-state index in [1.807, 2.05) is 0 Å². The predicted octanol–water partition coefficient (Wildman–Crippen LogP) is 3.48. The molecule has 6 heteroatoms. The van der Waals surface area contributed by atoms with Gasteiger partial charge in [-0.05, 0) is 34.1 Å². The topological polar surface area (TPSA) is 42.4 Å². The fraction of sp³-hybridized carbons (Fsp3) is 0.143. The number of pyridine rings is 1. The highest BCUT2D eigenvalue weighted by atomic mass is 79.9. The summed E-state index contributed by atoms with van der Waals surface area (Å²) in [6.45, 7) is 0. The number of aromatic nitrogens is 1. The Morgan fingerprint density at radius 3 is 2.75 bits per heavy atom.